The third-order valence-corrected chi connectivity index (χ3v) is 4.88. The summed E-state index contributed by atoms with van der Waals surface area (Å²) in [6, 6.07) is 0.576. The molecule has 114 valence electrons. The summed E-state index contributed by atoms with van der Waals surface area (Å²) >= 11 is 0. The number of ether oxygens (including phenoxy) is 2. The Labute approximate surface area is 120 Å². The summed E-state index contributed by atoms with van der Waals surface area (Å²) in [5.74, 6) is -1.33. The predicted molar refractivity (Wildman–Crippen MR) is 73.9 cm³/mol. The van der Waals surface area contributed by atoms with Crippen LogP contribution in [0.25, 0.3) is 0 Å². The zero-order valence-corrected chi connectivity index (χ0v) is 12.6. The number of fused-ring (bicyclic) bond motifs is 1. The minimum absolute atomic E-state index is 0.203. The van der Waals surface area contributed by atoms with Crippen LogP contribution >= 0.6 is 0 Å². The maximum atomic E-state index is 11.5. The van der Waals surface area contributed by atoms with E-state index in [9.17, 15) is 9.59 Å². The second-order valence-corrected chi connectivity index (χ2v) is 6.21. The zero-order valence-electron chi connectivity index (χ0n) is 12.6. The van der Waals surface area contributed by atoms with Gasteiger partial charge in [0.05, 0.1) is 32.8 Å². The lowest BCUT2D eigenvalue weighted by Crippen LogP contribution is -2.61. The molecule has 5 heteroatoms. The van der Waals surface area contributed by atoms with Crippen molar-refractivity contribution in [1.29, 1.82) is 0 Å². The van der Waals surface area contributed by atoms with Crippen LogP contribution in [0.4, 0.5) is 0 Å². The summed E-state index contributed by atoms with van der Waals surface area (Å²) in [6.45, 7) is 4.70. The van der Waals surface area contributed by atoms with Crippen molar-refractivity contribution >= 4 is 11.9 Å². The molecule has 0 N–H and O–H groups in total. The van der Waals surface area contributed by atoms with E-state index in [1.165, 1.54) is 38.8 Å². The van der Waals surface area contributed by atoms with E-state index in [2.05, 4.69) is 11.8 Å². The minimum Gasteiger partial charge on any atom is -0.458 e. The summed E-state index contributed by atoms with van der Waals surface area (Å²) in [6.07, 6.45) is 6.03. The predicted octanol–water partition coefficient (Wildman–Crippen LogP) is 1.50. The average molecular weight is 284 g/mol. The quantitative estimate of drug-likeness (QED) is 0.448. The number of hydrogen-bond acceptors (Lipinski definition) is 4. The van der Waals surface area contributed by atoms with Gasteiger partial charge in [0.15, 0.2) is 0 Å². The molecule has 0 radical (unpaired) electrons. The molecule has 0 amide bonds. The van der Waals surface area contributed by atoms with Gasteiger partial charge in [-0.25, -0.2) is 9.59 Å². The van der Waals surface area contributed by atoms with Gasteiger partial charge in [-0.3, -0.25) is 0 Å². The lowest BCUT2D eigenvalue weighted by molar-refractivity contribution is -0.947. The fourth-order valence-corrected chi connectivity index (χ4v) is 3.86. The monoisotopic (exact) mass is 284 g/mol. The molecule has 2 fully saturated rings. The van der Waals surface area contributed by atoms with Crippen LogP contribution in [0.2, 0.25) is 0 Å². The number of quaternary nitrogens is 1. The summed E-state index contributed by atoms with van der Waals surface area (Å²) in [7, 11) is 2.32. The molecule has 0 aromatic heterocycles. The molecule has 2 saturated heterocycles. The second kappa shape index (κ2) is 6.57. The number of carbonyl (C=O) groups is 2. The highest BCUT2D eigenvalue weighted by Crippen LogP contribution is 2.36. The number of hydrogen-bond donors (Lipinski definition) is 0. The molecule has 2 aliphatic heterocycles. The number of carbonyl (C=O) groups excluding carboxylic acids is 2. The molecule has 0 bridgehead atoms. The Morgan fingerprint density at radius 1 is 1.05 bits per heavy atom. The SMILES string of the molecule is CCOC(=O)C(=O)OC[C@@H]1CCC[N+]2(C)CCCC[C@H]12. The van der Waals surface area contributed by atoms with Crippen LogP contribution in [-0.4, -0.2) is 55.8 Å². The van der Waals surface area contributed by atoms with Gasteiger partial charge < -0.3 is 14.0 Å². The normalized spacial score (nSPS) is 33.1. The van der Waals surface area contributed by atoms with Gasteiger partial charge in [-0.1, -0.05) is 0 Å². The maximum absolute atomic E-state index is 11.5. The Bertz CT molecular complexity index is 367. The topological polar surface area (TPSA) is 52.6 Å². The highest BCUT2D eigenvalue weighted by Gasteiger charge is 2.44. The van der Waals surface area contributed by atoms with Crippen LogP contribution in [0.5, 0.6) is 0 Å². The fraction of sp³-hybridized carbons (Fsp3) is 0.867. The average Bonchev–Trinajstić information content (AvgIpc) is 2.44. The van der Waals surface area contributed by atoms with Gasteiger partial charge in [0.2, 0.25) is 0 Å². The zero-order chi connectivity index (χ0) is 14.6. The third-order valence-electron chi connectivity index (χ3n) is 4.88. The molecule has 0 aliphatic carbocycles. The van der Waals surface area contributed by atoms with Gasteiger partial charge in [0.1, 0.15) is 6.61 Å². The van der Waals surface area contributed by atoms with Crippen LogP contribution < -0.4 is 0 Å². The van der Waals surface area contributed by atoms with Crippen LogP contribution in [0, 0.1) is 5.92 Å². The van der Waals surface area contributed by atoms with Crippen LogP contribution in [-0.2, 0) is 19.1 Å². The van der Waals surface area contributed by atoms with Gasteiger partial charge in [-0.2, -0.15) is 0 Å². The Morgan fingerprint density at radius 3 is 2.50 bits per heavy atom. The Hall–Kier alpha value is -1.10. The van der Waals surface area contributed by atoms with Gasteiger partial charge >= 0.3 is 11.9 Å². The summed E-state index contributed by atoms with van der Waals surface area (Å²) < 4.78 is 10.9. The minimum atomic E-state index is -0.871. The van der Waals surface area contributed by atoms with E-state index in [4.69, 9.17) is 4.74 Å². The molecular weight excluding hydrogens is 258 g/mol. The summed E-state index contributed by atoms with van der Waals surface area (Å²) in [4.78, 5) is 22.8. The molecule has 2 heterocycles. The van der Waals surface area contributed by atoms with Crippen molar-refractivity contribution in [2.75, 3.05) is 33.4 Å². The Balaban J connectivity index is 1.88. The van der Waals surface area contributed by atoms with E-state index >= 15 is 0 Å². The van der Waals surface area contributed by atoms with Crippen molar-refractivity contribution in [3.05, 3.63) is 0 Å². The largest absolute Gasteiger partial charge is 0.458 e. The summed E-state index contributed by atoms with van der Waals surface area (Å²) in [5, 5.41) is 0. The molecule has 1 unspecified atom stereocenters. The van der Waals surface area contributed by atoms with Crippen LogP contribution in [0.3, 0.4) is 0 Å². The second-order valence-electron chi connectivity index (χ2n) is 6.21. The lowest BCUT2D eigenvalue weighted by Gasteiger charge is -2.51. The highest BCUT2D eigenvalue weighted by atomic mass is 16.6. The molecule has 5 nitrogen and oxygen atoms in total. The standard InChI is InChI=1S/C15H26NO4/c1-3-19-14(17)15(18)20-11-12-7-6-10-16(2)9-5-4-8-13(12)16/h12-13H,3-11H2,1-2H3/q+1/t12-,13+,16?/m0/s1. The third kappa shape index (κ3) is 3.32. The van der Waals surface area contributed by atoms with Crippen LogP contribution in [0.15, 0.2) is 0 Å². The Morgan fingerprint density at radius 2 is 1.75 bits per heavy atom. The van der Waals surface area contributed by atoms with Crippen molar-refractivity contribution in [2.45, 2.75) is 45.1 Å². The van der Waals surface area contributed by atoms with Crippen molar-refractivity contribution < 1.29 is 23.5 Å². The van der Waals surface area contributed by atoms with Crippen molar-refractivity contribution in [1.82, 2.24) is 0 Å². The van der Waals surface area contributed by atoms with Gasteiger partial charge in [0.25, 0.3) is 0 Å². The first-order valence-corrected chi connectivity index (χ1v) is 7.75. The lowest BCUT2D eigenvalue weighted by atomic mass is 9.82. The molecule has 3 atom stereocenters. The molecule has 20 heavy (non-hydrogen) atoms. The number of esters is 2. The van der Waals surface area contributed by atoms with Gasteiger partial charge in [-0.15, -0.1) is 0 Å². The van der Waals surface area contributed by atoms with E-state index in [0.29, 0.717) is 18.6 Å². The van der Waals surface area contributed by atoms with E-state index in [0.717, 1.165) is 10.9 Å². The van der Waals surface area contributed by atoms with Crippen molar-refractivity contribution in [3.63, 3.8) is 0 Å². The molecule has 0 saturated carbocycles. The molecule has 2 rings (SSSR count). The van der Waals surface area contributed by atoms with Crippen LogP contribution in [0.1, 0.15) is 39.0 Å². The van der Waals surface area contributed by atoms with Gasteiger partial charge in [0, 0.05) is 12.3 Å². The smallest absolute Gasteiger partial charge is 0.417 e. The molecule has 2 aliphatic rings. The molecule has 0 aromatic rings. The number of nitrogens with zero attached hydrogens (tertiary/aromatic N) is 1. The first kappa shape index (κ1) is 15.3. The fourth-order valence-electron chi connectivity index (χ4n) is 3.86. The first-order valence-electron chi connectivity index (χ1n) is 7.75. The van der Waals surface area contributed by atoms with Gasteiger partial charge in [-0.05, 0) is 32.6 Å². The first-order chi connectivity index (χ1) is 9.57. The van der Waals surface area contributed by atoms with E-state index in [1.54, 1.807) is 6.92 Å². The van der Waals surface area contributed by atoms with Crippen molar-refractivity contribution in [2.24, 2.45) is 5.92 Å². The Kier molecular flexibility index (Phi) is 5.02. The number of rotatable bonds is 3. The van der Waals surface area contributed by atoms with E-state index in [1.807, 2.05) is 0 Å². The molecular formula is C15H26NO4+. The molecule has 0 aromatic carbocycles. The van der Waals surface area contributed by atoms with Crippen molar-refractivity contribution in [3.8, 4) is 0 Å². The molecule has 0 spiro atoms. The van der Waals surface area contributed by atoms with E-state index in [-0.39, 0.29) is 6.61 Å². The summed E-state index contributed by atoms with van der Waals surface area (Å²) in [5.41, 5.74) is 0. The number of piperidine rings is 2. The maximum Gasteiger partial charge on any atom is 0.417 e. The van der Waals surface area contributed by atoms with E-state index < -0.39 is 11.9 Å². The highest BCUT2D eigenvalue weighted by molar-refractivity contribution is 6.29.